The molecule has 1 amide bonds. The van der Waals surface area contributed by atoms with Crippen molar-refractivity contribution in [3.63, 3.8) is 0 Å². The Hall–Kier alpha value is -1.59. The van der Waals surface area contributed by atoms with Crippen LogP contribution < -0.4 is 5.32 Å². The Labute approximate surface area is 185 Å². The molecule has 0 spiro atoms. The number of aromatic nitrogens is 1. The standard InChI is InChI=1S/C19H18BrN3O3S3/c20-17-9-8-16(28-17)15-12-27-19(21-15)22-18(24)13-5-4-10-23(11-13)29(25,26)14-6-2-1-3-7-14/h1-3,6-9,12-13H,4-5,10-11H2,(H,21,22,24). The number of amides is 1. The average Bonchev–Trinajstić information content (AvgIpc) is 3.37. The van der Waals surface area contributed by atoms with E-state index in [9.17, 15) is 13.2 Å². The molecular weight excluding hydrogens is 494 g/mol. The SMILES string of the molecule is O=C(Nc1nc(-c2ccc(Br)s2)cs1)C1CCCN(S(=O)(=O)c2ccccc2)C1. The molecule has 0 radical (unpaired) electrons. The van der Waals surface area contributed by atoms with Crippen molar-refractivity contribution >= 4 is 59.7 Å². The monoisotopic (exact) mass is 511 g/mol. The van der Waals surface area contributed by atoms with Crippen molar-refractivity contribution in [1.82, 2.24) is 9.29 Å². The van der Waals surface area contributed by atoms with Crippen LogP contribution in [0.15, 0.2) is 56.5 Å². The van der Waals surface area contributed by atoms with E-state index in [0.29, 0.717) is 24.5 Å². The molecule has 29 heavy (non-hydrogen) atoms. The van der Waals surface area contributed by atoms with Crippen molar-refractivity contribution in [2.75, 3.05) is 18.4 Å². The minimum atomic E-state index is -3.59. The van der Waals surface area contributed by atoms with Gasteiger partial charge in [0, 0.05) is 18.5 Å². The lowest BCUT2D eigenvalue weighted by Crippen LogP contribution is -2.43. The van der Waals surface area contributed by atoms with Crippen LogP contribution in [0.5, 0.6) is 0 Å². The maximum absolute atomic E-state index is 12.9. The number of halogens is 1. The summed E-state index contributed by atoms with van der Waals surface area (Å²) in [6.45, 7) is 0.606. The fraction of sp³-hybridized carbons (Fsp3) is 0.263. The number of hydrogen-bond acceptors (Lipinski definition) is 6. The Morgan fingerprint density at radius 2 is 2.00 bits per heavy atom. The van der Waals surface area contributed by atoms with Gasteiger partial charge in [-0.25, -0.2) is 13.4 Å². The highest BCUT2D eigenvalue weighted by Gasteiger charge is 2.33. The summed E-state index contributed by atoms with van der Waals surface area (Å²) in [4.78, 5) is 18.5. The van der Waals surface area contributed by atoms with Gasteiger partial charge < -0.3 is 5.32 Å². The van der Waals surface area contributed by atoms with Gasteiger partial charge in [-0.1, -0.05) is 18.2 Å². The Bertz CT molecular complexity index is 1110. The third kappa shape index (κ3) is 4.61. The first-order chi connectivity index (χ1) is 13.9. The number of nitrogens with one attached hydrogen (secondary N) is 1. The van der Waals surface area contributed by atoms with Crippen molar-refractivity contribution in [2.45, 2.75) is 17.7 Å². The van der Waals surface area contributed by atoms with Gasteiger partial charge >= 0.3 is 0 Å². The van der Waals surface area contributed by atoms with E-state index in [-0.39, 0.29) is 17.3 Å². The smallest absolute Gasteiger partial charge is 0.243 e. The van der Waals surface area contributed by atoms with E-state index < -0.39 is 15.9 Å². The molecule has 1 atom stereocenters. The fourth-order valence-corrected chi connectivity index (χ4v) is 6.90. The fourth-order valence-electron chi connectivity index (χ4n) is 3.22. The molecule has 1 saturated heterocycles. The zero-order valence-electron chi connectivity index (χ0n) is 15.2. The summed E-state index contributed by atoms with van der Waals surface area (Å²) in [5.74, 6) is -0.586. The number of hydrogen-bond donors (Lipinski definition) is 1. The molecule has 6 nitrogen and oxygen atoms in total. The minimum Gasteiger partial charge on any atom is -0.302 e. The first-order valence-corrected chi connectivity index (χ1v) is 12.9. The zero-order chi connectivity index (χ0) is 20.4. The molecule has 1 aliphatic heterocycles. The predicted octanol–water partition coefficient (Wildman–Crippen LogP) is 4.67. The van der Waals surface area contributed by atoms with Gasteiger partial charge in [-0.05, 0) is 53.0 Å². The highest BCUT2D eigenvalue weighted by atomic mass is 79.9. The lowest BCUT2D eigenvalue weighted by molar-refractivity contribution is -0.120. The van der Waals surface area contributed by atoms with E-state index in [2.05, 4.69) is 26.2 Å². The number of carbonyl (C=O) groups excluding carboxylic acids is 1. The number of thiazole rings is 1. The van der Waals surface area contributed by atoms with Crippen LogP contribution in [0.2, 0.25) is 0 Å². The first kappa shape index (κ1) is 20.7. The Balaban J connectivity index is 1.44. The van der Waals surface area contributed by atoms with Crippen molar-refractivity contribution in [3.05, 3.63) is 51.6 Å². The van der Waals surface area contributed by atoms with Crippen molar-refractivity contribution in [1.29, 1.82) is 0 Å². The molecule has 4 rings (SSSR count). The number of benzene rings is 1. The number of carbonyl (C=O) groups is 1. The van der Waals surface area contributed by atoms with Gasteiger partial charge in [-0.15, -0.1) is 22.7 Å². The molecule has 1 aliphatic rings. The summed E-state index contributed by atoms with van der Waals surface area (Å²) in [5.41, 5.74) is 0.818. The van der Waals surface area contributed by atoms with Crippen LogP contribution >= 0.6 is 38.6 Å². The average molecular weight is 512 g/mol. The highest BCUT2D eigenvalue weighted by Crippen LogP contribution is 2.33. The highest BCUT2D eigenvalue weighted by molar-refractivity contribution is 9.11. The van der Waals surface area contributed by atoms with Gasteiger partial charge in [0.1, 0.15) is 0 Å². The molecule has 1 N–H and O–H groups in total. The van der Waals surface area contributed by atoms with E-state index in [1.165, 1.54) is 15.6 Å². The van der Waals surface area contributed by atoms with Gasteiger partial charge in [-0.3, -0.25) is 4.79 Å². The van der Waals surface area contributed by atoms with Crippen LogP contribution in [-0.2, 0) is 14.8 Å². The maximum atomic E-state index is 12.9. The molecule has 2 aromatic heterocycles. The molecule has 152 valence electrons. The Morgan fingerprint density at radius 1 is 1.21 bits per heavy atom. The maximum Gasteiger partial charge on any atom is 0.243 e. The van der Waals surface area contributed by atoms with E-state index in [4.69, 9.17) is 0 Å². The number of anilines is 1. The molecule has 3 aromatic rings. The number of piperidine rings is 1. The second kappa shape index (κ2) is 8.65. The number of sulfonamides is 1. The topological polar surface area (TPSA) is 79.4 Å². The van der Waals surface area contributed by atoms with Crippen molar-refractivity contribution in [3.8, 4) is 10.6 Å². The third-order valence-electron chi connectivity index (χ3n) is 4.70. The summed E-state index contributed by atoms with van der Waals surface area (Å²) in [6.07, 6.45) is 1.30. The van der Waals surface area contributed by atoms with Gasteiger partial charge in [0.15, 0.2) is 5.13 Å². The Kier molecular flexibility index (Phi) is 6.16. The summed E-state index contributed by atoms with van der Waals surface area (Å²) in [5, 5.41) is 5.29. The zero-order valence-corrected chi connectivity index (χ0v) is 19.3. The molecule has 10 heteroatoms. The first-order valence-electron chi connectivity index (χ1n) is 9.01. The van der Waals surface area contributed by atoms with E-state index >= 15 is 0 Å². The van der Waals surface area contributed by atoms with E-state index in [1.54, 1.807) is 41.7 Å². The predicted molar refractivity (Wildman–Crippen MR) is 120 cm³/mol. The lowest BCUT2D eigenvalue weighted by atomic mass is 9.99. The summed E-state index contributed by atoms with van der Waals surface area (Å²) in [6, 6.07) is 12.3. The summed E-state index contributed by atoms with van der Waals surface area (Å²) in [7, 11) is -3.59. The lowest BCUT2D eigenvalue weighted by Gasteiger charge is -2.31. The Morgan fingerprint density at radius 3 is 2.72 bits per heavy atom. The van der Waals surface area contributed by atoms with Crippen LogP contribution in [0.1, 0.15) is 12.8 Å². The van der Waals surface area contributed by atoms with Gasteiger partial charge in [0.05, 0.1) is 25.2 Å². The number of rotatable bonds is 5. The third-order valence-corrected chi connectivity index (χ3v) is 8.98. The van der Waals surface area contributed by atoms with Crippen molar-refractivity contribution in [2.24, 2.45) is 5.92 Å². The number of nitrogens with zero attached hydrogens (tertiary/aromatic N) is 2. The normalized spacial score (nSPS) is 17.9. The molecule has 0 saturated carbocycles. The summed E-state index contributed by atoms with van der Waals surface area (Å²) < 4.78 is 28.1. The second-order valence-corrected chi connectivity index (χ2v) is 11.9. The largest absolute Gasteiger partial charge is 0.302 e. The van der Waals surface area contributed by atoms with Crippen LogP contribution in [0.4, 0.5) is 5.13 Å². The second-order valence-electron chi connectivity index (χ2n) is 6.65. The molecular formula is C19H18BrN3O3S3. The molecule has 3 heterocycles. The van der Waals surface area contributed by atoms with Crippen molar-refractivity contribution < 1.29 is 13.2 Å². The van der Waals surface area contributed by atoms with Gasteiger partial charge in [0.25, 0.3) is 0 Å². The molecule has 0 aliphatic carbocycles. The molecule has 1 unspecified atom stereocenters. The van der Waals surface area contributed by atoms with Crippen LogP contribution in [0.3, 0.4) is 0 Å². The summed E-state index contributed by atoms with van der Waals surface area (Å²) >= 11 is 6.38. The van der Waals surface area contributed by atoms with E-state index in [0.717, 1.165) is 14.4 Å². The quantitative estimate of drug-likeness (QED) is 0.539. The van der Waals surface area contributed by atoms with Crippen LogP contribution in [0.25, 0.3) is 10.6 Å². The molecule has 1 aromatic carbocycles. The number of thiophene rings is 1. The minimum absolute atomic E-state index is 0.180. The van der Waals surface area contributed by atoms with Gasteiger partial charge in [-0.2, -0.15) is 4.31 Å². The van der Waals surface area contributed by atoms with E-state index in [1.807, 2.05) is 17.5 Å². The molecule has 0 bridgehead atoms. The van der Waals surface area contributed by atoms with Gasteiger partial charge in [0.2, 0.25) is 15.9 Å². The molecule has 1 fully saturated rings. The van der Waals surface area contributed by atoms with Crippen LogP contribution in [-0.4, -0.2) is 36.7 Å². The van der Waals surface area contributed by atoms with Crippen LogP contribution in [0, 0.1) is 5.92 Å².